The molecule has 6 nitrogen and oxygen atoms in total. The van der Waals surface area contributed by atoms with Gasteiger partial charge in [0.1, 0.15) is 0 Å². The molecule has 0 fully saturated rings. The molecule has 2 aromatic rings. The molecule has 4 N–H and O–H groups in total. The van der Waals surface area contributed by atoms with E-state index >= 15 is 0 Å². The second kappa shape index (κ2) is 9.28. The predicted octanol–water partition coefficient (Wildman–Crippen LogP) is 4.62. The molecular formula is C20H25ClN4O2. The van der Waals surface area contributed by atoms with Gasteiger partial charge >= 0.3 is 12.1 Å². The Morgan fingerprint density at radius 3 is 2.11 bits per heavy atom. The molecule has 0 radical (unpaired) electrons. The van der Waals surface area contributed by atoms with E-state index in [-0.39, 0.29) is 17.6 Å². The minimum atomic E-state index is -0.359. The Kier molecular flexibility index (Phi) is 7.07. The number of hydrogen-bond acceptors (Lipinski definition) is 2. The van der Waals surface area contributed by atoms with E-state index in [9.17, 15) is 9.59 Å². The lowest BCUT2D eigenvalue weighted by Gasteiger charge is -2.21. The van der Waals surface area contributed by atoms with Crippen molar-refractivity contribution >= 4 is 35.0 Å². The predicted molar refractivity (Wildman–Crippen MR) is 111 cm³/mol. The van der Waals surface area contributed by atoms with Crippen LogP contribution in [0.4, 0.5) is 21.0 Å². The highest BCUT2D eigenvalue weighted by atomic mass is 35.5. The van der Waals surface area contributed by atoms with Crippen LogP contribution in [-0.4, -0.2) is 24.1 Å². The summed E-state index contributed by atoms with van der Waals surface area (Å²) in [6.45, 7) is 6.17. The van der Waals surface area contributed by atoms with Crippen LogP contribution >= 0.6 is 11.6 Å². The van der Waals surface area contributed by atoms with Crippen molar-refractivity contribution < 1.29 is 9.59 Å². The Labute approximate surface area is 164 Å². The summed E-state index contributed by atoms with van der Waals surface area (Å²) in [7, 11) is 0. The first-order chi connectivity index (χ1) is 12.7. The molecule has 0 aliphatic rings. The first-order valence-electron chi connectivity index (χ1n) is 8.70. The Bertz CT molecular complexity index is 788. The van der Waals surface area contributed by atoms with Crippen LogP contribution in [0.15, 0.2) is 48.5 Å². The lowest BCUT2D eigenvalue weighted by atomic mass is 10.1. The molecule has 7 heteroatoms. The number of benzene rings is 2. The van der Waals surface area contributed by atoms with Crippen LogP contribution < -0.4 is 21.3 Å². The van der Waals surface area contributed by atoms with E-state index in [0.717, 1.165) is 12.0 Å². The van der Waals surface area contributed by atoms with Crippen molar-refractivity contribution in [2.24, 2.45) is 0 Å². The first-order valence-corrected chi connectivity index (χ1v) is 9.08. The number of rotatable bonds is 5. The molecule has 0 spiro atoms. The smallest absolute Gasteiger partial charge is 0.319 e. The second-order valence-corrected chi connectivity index (χ2v) is 7.61. The molecule has 0 heterocycles. The number of anilines is 2. The van der Waals surface area contributed by atoms with Gasteiger partial charge in [0.05, 0.1) is 0 Å². The van der Waals surface area contributed by atoms with Crippen molar-refractivity contribution in [3.63, 3.8) is 0 Å². The van der Waals surface area contributed by atoms with Gasteiger partial charge in [-0.25, -0.2) is 9.59 Å². The molecular weight excluding hydrogens is 364 g/mol. The molecule has 144 valence electrons. The van der Waals surface area contributed by atoms with E-state index in [2.05, 4.69) is 21.3 Å². The highest BCUT2D eigenvalue weighted by Crippen LogP contribution is 2.22. The van der Waals surface area contributed by atoms with Gasteiger partial charge < -0.3 is 21.3 Å². The zero-order valence-corrected chi connectivity index (χ0v) is 16.5. The summed E-state index contributed by atoms with van der Waals surface area (Å²) in [5, 5.41) is 11.4. The van der Waals surface area contributed by atoms with Crippen LogP contribution in [0.5, 0.6) is 0 Å². The molecule has 0 saturated heterocycles. The van der Waals surface area contributed by atoms with Crippen LogP contribution in [0.25, 0.3) is 0 Å². The molecule has 0 atom stereocenters. The lowest BCUT2D eigenvalue weighted by molar-refractivity contribution is 0.243. The molecule has 0 aliphatic heterocycles. The monoisotopic (exact) mass is 388 g/mol. The summed E-state index contributed by atoms with van der Waals surface area (Å²) in [5.74, 6) is 0. The Morgan fingerprint density at radius 2 is 1.52 bits per heavy atom. The van der Waals surface area contributed by atoms with Crippen LogP contribution in [0.2, 0.25) is 5.02 Å². The SMILES string of the molecule is CC(C)(C)NC(=O)Nc1cc(Cl)cc(NC(=O)NCCc2ccccc2)c1. The number of nitrogens with one attached hydrogen (secondary N) is 4. The fourth-order valence-corrected chi connectivity index (χ4v) is 2.61. The summed E-state index contributed by atoms with van der Waals surface area (Å²) < 4.78 is 0. The third-order valence-corrected chi connectivity index (χ3v) is 3.66. The fraction of sp³-hybridized carbons (Fsp3) is 0.300. The molecule has 2 rings (SSSR count). The summed E-state index contributed by atoms with van der Waals surface area (Å²) >= 11 is 6.09. The van der Waals surface area contributed by atoms with E-state index in [1.54, 1.807) is 18.2 Å². The molecule has 0 saturated carbocycles. The average molecular weight is 389 g/mol. The van der Waals surface area contributed by atoms with Gasteiger partial charge in [0.15, 0.2) is 0 Å². The number of carbonyl (C=O) groups excluding carboxylic acids is 2. The van der Waals surface area contributed by atoms with Crippen molar-refractivity contribution in [3.05, 3.63) is 59.1 Å². The maximum Gasteiger partial charge on any atom is 0.319 e. The van der Waals surface area contributed by atoms with Crippen LogP contribution in [0.1, 0.15) is 26.3 Å². The number of hydrogen-bond donors (Lipinski definition) is 4. The van der Waals surface area contributed by atoms with Gasteiger partial charge in [0, 0.05) is 28.5 Å². The van der Waals surface area contributed by atoms with Crippen LogP contribution in [0, 0.1) is 0 Å². The molecule has 0 aromatic heterocycles. The number of halogens is 1. The molecule has 27 heavy (non-hydrogen) atoms. The summed E-state index contributed by atoms with van der Waals surface area (Å²) in [4.78, 5) is 24.1. The summed E-state index contributed by atoms with van der Waals surface area (Å²) in [5.41, 5.74) is 1.77. The number of carbonyl (C=O) groups is 2. The summed E-state index contributed by atoms with van der Waals surface area (Å²) in [6.07, 6.45) is 0.740. The van der Waals surface area contributed by atoms with Crippen molar-refractivity contribution in [3.8, 4) is 0 Å². The Morgan fingerprint density at radius 1 is 0.926 bits per heavy atom. The minimum absolute atomic E-state index is 0.335. The Hall–Kier alpha value is -2.73. The van der Waals surface area contributed by atoms with E-state index in [1.807, 2.05) is 51.1 Å². The van der Waals surface area contributed by atoms with Gasteiger partial charge in [-0.2, -0.15) is 0 Å². The van der Waals surface area contributed by atoms with Crippen molar-refractivity contribution in [1.82, 2.24) is 10.6 Å². The van der Waals surface area contributed by atoms with Gasteiger partial charge in [-0.3, -0.25) is 0 Å². The number of amides is 4. The van der Waals surface area contributed by atoms with Crippen molar-refractivity contribution in [2.75, 3.05) is 17.2 Å². The normalized spacial score (nSPS) is 10.8. The molecule has 0 aliphatic carbocycles. The maximum atomic E-state index is 12.1. The molecule has 4 amide bonds. The van der Waals surface area contributed by atoms with E-state index in [0.29, 0.717) is 22.9 Å². The quantitative estimate of drug-likeness (QED) is 0.602. The van der Waals surface area contributed by atoms with E-state index in [1.165, 1.54) is 0 Å². The average Bonchev–Trinajstić information content (AvgIpc) is 2.53. The van der Waals surface area contributed by atoms with Crippen LogP contribution in [0.3, 0.4) is 0 Å². The second-order valence-electron chi connectivity index (χ2n) is 7.17. The minimum Gasteiger partial charge on any atom is -0.338 e. The maximum absolute atomic E-state index is 12.1. The van der Waals surface area contributed by atoms with E-state index in [4.69, 9.17) is 11.6 Å². The van der Waals surface area contributed by atoms with Gasteiger partial charge in [-0.15, -0.1) is 0 Å². The molecule has 2 aromatic carbocycles. The standard InChI is InChI=1S/C20H25ClN4O2/c1-20(2,3)25-19(27)24-17-12-15(21)11-16(13-17)23-18(26)22-10-9-14-7-5-4-6-8-14/h4-8,11-13H,9-10H2,1-3H3,(H2,22,23,26)(H2,24,25,27). The Balaban J connectivity index is 1.89. The fourth-order valence-electron chi connectivity index (χ4n) is 2.38. The molecule has 0 unspecified atom stereocenters. The third-order valence-electron chi connectivity index (χ3n) is 3.44. The third kappa shape index (κ3) is 8.00. The number of urea groups is 2. The summed E-state index contributed by atoms with van der Waals surface area (Å²) in [6, 6.07) is 14.1. The van der Waals surface area contributed by atoms with Crippen molar-refractivity contribution in [2.45, 2.75) is 32.7 Å². The van der Waals surface area contributed by atoms with Gasteiger partial charge in [0.25, 0.3) is 0 Å². The van der Waals surface area contributed by atoms with Gasteiger partial charge in [-0.1, -0.05) is 41.9 Å². The van der Waals surface area contributed by atoms with E-state index < -0.39 is 0 Å². The lowest BCUT2D eigenvalue weighted by Crippen LogP contribution is -2.43. The van der Waals surface area contributed by atoms with Gasteiger partial charge in [0.2, 0.25) is 0 Å². The topological polar surface area (TPSA) is 82.3 Å². The molecule has 0 bridgehead atoms. The van der Waals surface area contributed by atoms with Crippen molar-refractivity contribution in [1.29, 1.82) is 0 Å². The largest absolute Gasteiger partial charge is 0.338 e. The zero-order valence-electron chi connectivity index (χ0n) is 15.7. The highest BCUT2D eigenvalue weighted by Gasteiger charge is 2.14. The van der Waals surface area contributed by atoms with Crippen LogP contribution in [-0.2, 0) is 6.42 Å². The highest BCUT2D eigenvalue weighted by molar-refractivity contribution is 6.31. The first kappa shape index (κ1) is 20.6. The zero-order chi connectivity index (χ0) is 19.9. The van der Waals surface area contributed by atoms with Gasteiger partial charge in [-0.05, 0) is 51.0 Å².